The molecule has 2 aromatic rings. The van der Waals surface area contributed by atoms with E-state index in [1.54, 1.807) is 36.4 Å². The van der Waals surface area contributed by atoms with Gasteiger partial charge in [0, 0.05) is 23.1 Å². The first-order chi connectivity index (χ1) is 9.58. The predicted molar refractivity (Wildman–Crippen MR) is 80.1 cm³/mol. The zero-order chi connectivity index (χ0) is 14.5. The van der Waals surface area contributed by atoms with Gasteiger partial charge in [0.1, 0.15) is 0 Å². The normalized spacial score (nSPS) is 10.6. The summed E-state index contributed by atoms with van der Waals surface area (Å²) in [5.41, 5.74) is 1.94. The number of carbonyl (C=O) groups excluding carboxylic acids is 2. The van der Waals surface area contributed by atoms with Gasteiger partial charge in [0.15, 0.2) is 11.6 Å². The zero-order valence-corrected chi connectivity index (χ0v) is 11.8. The average molecular weight is 266 g/mol. The molecule has 2 rings (SSSR count). The highest BCUT2D eigenvalue weighted by Gasteiger charge is 2.11. The van der Waals surface area contributed by atoms with Crippen LogP contribution in [0.5, 0.6) is 0 Å². The van der Waals surface area contributed by atoms with Crippen molar-refractivity contribution in [2.75, 3.05) is 0 Å². The molecule has 20 heavy (non-hydrogen) atoms. The third kappa shape index (κ3) is 3.41. The first-order valence-corrected chi connectivity index (χ1v) is 6.81. The van der Waals surface area contributed by atoms with Crippen LogP contribution in [0.4, 0.5) is 0 Å². The molecule has 0 heterocycles. The molecular formula is C18H18O2. The van der Waals surface area contributed by atoms with Crippen molar-refractivity contribution in [1.82, 2.24) is 0 Å². The van der Waals surface area contributed by atoms with Crippen LogP contribution >= 0.6 is 0 Å². The summed E-state index contributed by atoms with van der Waals surface area (Å²) in [5, 5.41) is 0. The number of hydrogen-bond donors (Lipinski definition) is 0. The van der Waals surface area contributed by atoms with Gasteiger partial charge in [-0.2, -0.15) is 0 Å². The van der Waals surface area contributed by atoms with Gasteiger partial charge in [-0.3, -0.25) is 9.59 Å². The SMILES string of the molecule is CC(C)CC(=O)c1ccc(C(=O)c2ccccc2)cc1. The van der Waals surface area contributed by atoms with E-state index in [9.17, 15) is 9.59 Å². The summed E-state index contributed by atoms with van der Waals surface area (Å²) < 4.78 is 0. The van der Waals surface area contributed by atoms with Gasteiger partial charge in [-0.25, -0.2) is 0 Å². The third-order valence-corrected chi connectivity index (χ3v) is 3.10. The molecule has 0 amide bonds. The lowest BCUT2D eigenvalue weighted by Gasteiger charge is -2.05. The Morgan fingerprint density at radius 3 is 1.85 bits per heavy atom. The van der Waals surface area contributed by atoms with Crippen molar-refractivity contribution >= 4 is 11.6 Å². The summed E-state index contributed by atoms with van der Waals surface area (Å²) in [6, 6.07) is 16.1. The van der Waals surface area contributed by atoms with Crippen LogP contribution in [-0.4, -0.2) is 11.6 Å². The second-order valence-electron chi connectivity index (χ2n) is 5.29. The number of hydrogen-bond acceptors (Lipinski definition) is 2. The van der Waals surface area contributed by atoms with E-state index < -0.39 is 0 Å². The highest BCUT2D eigenvalue weighted by molar-refractivity contribution is 6.09. The van der Waals surface area contributed by atoms with Crippen LogP contribution in [0.3, 0.4) is 0 Å². The maximum absolute atomic E-state index is 12.2. The number of carbonyl (C=O) groups is 2. The minimum atomic E-state index is -0.0199. The van der Waals surface area contributed by atoms with Crippen molar-refractivity contribution in [3.63, 3.8) is 0 Å². The second kappa shape index (κ2) is 6.29. The summed E-state index contributed by atoms with van der Waals surface area (Å²) in [4.78, 5) is 24.1. The molecule has 2 heteroatoms. The van der Waals surface area contributed by atoms with E-state index in [1.165, 1.54) is 0 Å². The highest BCUT2D eigenvalue weighted by Crippen LogP contribution is 2.14. The summed E-state index contributed by atoms with van der Waals surface area (Å²) in [6.45, 7) is 4.04. The standard InChI is InChI=1S/C18H18O2/c1-13(2)12-17(19)14-8-10-16(11-9-14)18(20)15-6-4-3-5-7-15/h3-11,13H,12H2,1-2H3. The molecule has 0 saturated carbocycles. The van der Waals surface area contributed by atoms with Crippen LogP contribution in [0.25, 0.3) is 0 Å². The Labute approximate surface area is 119 Å². The molecule has 0 radical (unpaired) electrons. The predicted octanol–water partition coefficient (Wildman–Crippen LogP) is 4.15. The van der Waals surface area contributed by atoms with Crippen LogP contribution < -0.4 is 0 Å². The van der Waals surface area contributed by atoms with Gasteiger partial charge in [-0.05, 0) is 5.92 Å². The van der Waals surface area contributed by atoms with E-state index in [4.69, 9.17) is 0 Å². The van der Waals surface area contributed by atoms with Crippen molar-refractivity contribution in [1.29, 1.82) is 0 Å². The van der Waals surface area contributed by atoms with Crippen LogP contribution in [0.15, 0.2) is 54.6 Å². The first kappa shape index (κ1) is 14.2. The van der Waals surface area contributed by atoms with Crippen LogP contribution in [-0.2, 0) is 0 Å². The molecule has 0 saturated heterocycles. The lowest BCUT2D eigenvalue weighted by molar-refractivity contribution is 0.0966. The maximum Gasteiger partial charge on any atom is 0.193 e. The van der Waals surface area contributed by atoms with Crippen LogP contribution in [0.1, 0.15) is 46.5 Å². The molecule has 0 N–H and O–H groups in total. The van der Waals surface area contributed by atoms with E-state index >= 15 is 0 Å². The minimum Gasteiger partial charge on any atom is -0.294 e. The zero-order valence-electron chi connectivity index (χ0n) is 11.8. The summed E-state index contributed by atoms with van der Waals surface area (Å²) in [7, 11) is 0. The van der Waals surface area contributed by atoms with Crippen molar-refractivity contribution in [2.24, 2.45) is 5.92 Å². The minimum absolute atomic E-state index is 0.0199. The fourth-order valence-electron chi connectivity index (χ4n) is 2.05. The Morgan fingerprint density at radius 2 is 1.30 bits per heavy atom. The molecule has 0 spiro atoms. The molecule has 0 fully saturated rings. The van der Waals surface area contributed by atoms with E-state index in [1.807, 2.05) is 32.0 Å². The largest absolute Gasteiger partial charge is 0.294 e. The Morgan fingerprint density at radius 1 is 0.800 bits per heavy atom. The lowest BCUT2D eigenvalue weighted by Crippen LogP contribution is -2.05. The van der Waals surface area contributed by atoms with Crippen molar-refractivity contribution < 1.29 is 9.59 Å². The van der Waals surface area contributed by atoms with Gasteiger partial charge in [-0.1, -0.05) is 68.4 Å². The fourth-order valence-corrected chi connectivity index (χ4v) is 2.05. The molecule has 2 nitrogen and oxygen atoms in total. The molecular weight excluding hydrogens is 248 g/mol. The van der Waals surface area contributed by atoms with Gasteiger partial charge in [0.2, 0.25) is 0 Å². The number of rotatable bonds is 5. The molecule has 102 valence electrons. The van der Waals surface area contributed by atoms with Crippen molar-refractivity contribution in [3.05, 3.63) is 71.3 Å². The van der Waals surface area contributed by atoms with Crippen molar-refractivity contribution in [3.8, 4) is 0 Å². The average Bonchev–Trinajstić information content (AvgIpc) is 2.47. The number of ketones is 2. The Bertz CT molecular complexity index is 595. The van der Waals surface area contributed by atoms with Gasteiger partial charge >= 0.3 is 0 Å². The smallest absolute Gasteiger partial charge is 0.193 e. The monoisotopic (exact) mass is 266 g/mol. The fraction of sp³-hybridized carbons (Fsp3) is 0.222. The van der Waals surface area contributed by atoms with E-state index in [-0.39, 0.29) is 11.6 Å². The van der Waals surface area contributed by atoms with Gasteiger partial charge < -0.3 is 0 Å². The molecule has 0 bridgehead atoms. The van der Waals surface area contributed by atoms with Gasteiger partial charge in [0.25, 0.3) is 0 Å². The summed E-state index contributed by atoms with van der Waals surface area (Å²) in [5.74, 6) is 0.445. The van der Waals surface area contributed by atoms with Crippen LogP contribution in [0.2, 0.25) is 0 Å². The topological polar surface area (TPSA) is 34.1 Å². The molecule has 0 aliphatic heterocycles. The van der Waals surface area contributed by atoms with Crippen LogP contribution in [0, 0.1) is 5.92 Å². The van der Waals surface area contributed by atoms with E-state index in [2.05, 4.69) is 0 Å². The lowest BCUT2D eigenvalue weighted by atomic mass is 9.98. The maximum atomic E-state index is 12.2. The summed E-state index contributed by atoms with van der Waals surface area (Å²) in [6.07, 6.45) is 0.534. The van der Waals surface area contributed by atoms with Gasteiger partial charge in [0.05, 0.1) is 0 Å². The Hall–Kier alpha value is -2.22. The number of benzene rings is 2. The molecule has 2 aromatic carbocycles. The molecule has 0 aliphatic carbocycles. The Balaban J connectivity index is 2.16. The van der Waals surface area contributed by atoms with Crippen molar-refractivity contribution in [2.45, 2.75) is 20.3 Å². The molecule has 0 aliphatic rings. The third-order valence-electron chi connectivity index (χ3n) is 3.10. The van der Waals surface area contributed by atoms with Gasteiger partial charge in [-0.15, -0.1) is 0 Å². The number of Topliss-reactive ketones (excluding diaryl/α,β-unsaturated/α-hetero) is 1. The summed E-state index contributed by atoms with van der Waals surface area (Å²) >= 11 is 0. The quantitative estimate of drug-likeness (QED) is 0.762. The van der Waals surface area contributed by atoms with E-state index in [0.717, 1.165) is 0 Å². The first-order valence-electron chi connectivity index (χ1n) is 6.81. The molecule has 0 atom stereocenters. The highest BCUT2D eigenvalue weighted by atomic mass is 16.1. The molecule has 0 unspecified atom stereocenters. The second-order valence-corrected chi connectivity index (χ2v) is 5.29. The molecule has 0 aromatic heterocycles. The van der Waals surface area contributed by atoms with E-state index in [0.29, 0.717) is 29.0 Å². The Kier molecular flexibility index (Phi) is 4.46.